The monoisotopic (exact) mass is 447 g/mol. The maximum absolute atomic E-state index is 13.8. The molecule has 6 nitrogen and oxygen atoms in total. The fourth-order valence-corrected chi connectivity index (χ4v) is 3.70. The Morgan fingerprint density at radius 2 is 1.82 bits per heavy atom. The Morgan fingerprint density at radius 1 is 1.03 bits per heavy atom. The average Bonchev–Trinajstić information content (AvgIpc) is 3.19. The van der Waals surface area contributed by atoms with Gasteiger partial charge in [0.1, 0.15) is 29.7 Å². The Morgan fingerprint density at radius 3 is 2.67 bits per heavy atom. The molecule has 1 heterocycles. The maximum atomic E-state index is 13.8. The van der Waals surface area contributed by atoms with E-state index in [2.05, 4.69) is 9.88 Å². The fourth-order valence-electron chi connectivity index (χ4n) is 3.70. The van der Waals surface area contributed by atoms with Gasteiger partial charge in [0.2, 0.25) is 0 Å². The van der Waals surface area contributed by atoms with Crippen molar-refractivity contribution in [3.05, 3.63) is 90.0 Å². The van der Waals surface area contributed by atoms with E-state index < -0.39 is 11.7 Å². The van der Waals surface area contributed by atoms with Gasteiger partial charge in [-0.05, 0) is 42.8 Å². The topological polar surface area (TPSA) is 65.4 Å². The van der Waals surface area contributed by atoms with Gasteiger partial charge in [0.15, 0.2) is 0 Å². The first-order valence-electron chi connectivity index (χ1n) is 10.9. The number of nitrogens with zero attached hydrogens (tertiary/aromatic N) is 2. The lowest BCUT2D eigenvalue weighted by atomic mass is 10.2. The van der Waals surface area contributed by atoms with Crippen LogP contribution in [-0.2, 0) is 13.0 Å². The third kappa shape index (κ3) is 5.49. The molecule has 4 aromatic rings. The second-order valence-electron chi connectivity index (χ2n) is 7.54. The number of halogens is 1. The molecule has 0 saturated heterocycles. The molecule has 7 heteroatoms. The van der Waals surface area contributed by atoms with E-state index >= 15 is 0 Å². The molecule has 0 spiro atoms. The molecule has 33 heavy (non-hydrogen) atoms. The summed E-state index contributed by atoms with van der Waals surface area (Å²) in [7, 11) is 1.63. The highest BCUT2D eigenvalue weighted by Gasteiger charge is 2.12. The third-order valence-corrected chi connectivity index (χ3v) is 5.34. The van der Waals surface area contributed by atoms with E-state index in [1.54, 1.807) is 19.2 Å². The van der Waals surface area contributed by atoms with Crippen LogP contribution < -0.4 is 14.8 Å². The van der Waals surface area contributed by atoms with Crippen molar-refractivity contribution in [3.8, 4) is 11.5 Å². The molecule has 0 fully saturated rings. The molecule has 0 saturated carbocycles. The summed E-state index contributed by atoms with van der Waals surface area (Å²) in [6.07, 6.45) is 1.35. The summed E-state index contributed by atoms with van der Waals surface area (Å²) < 4.78 is 27.1. The van der Waals surface area contributed by atoms with Gasteiger partial charge < -0.3 is 19.4 Å². The largest absolute Gasteiger partial charge is 0.497 e. The Bertz CT molecular complexity index is 1240. The van der Waals surface area contributed by atoms with Gasteiger partial charge in [-0.15, -0.1) is 0 Å². The average molecular weight is 448 g/mol. The Hall–Kier alpha value is -3.87. The van der Waals surface area contributed by atoms with Gasteiger partial charge >= 0.3 is 0 Å². The zero-order chi connectivity index (χ0) is 23.0. The highest BCUT2D eigenvalue weighted by molar-refractivity contribution is 5.94. The van der Waals surface area contributed by atoms with Crippen LogP contribution in [0.3, 0.4) is 0 Å². The van der Waals surface area contributed by atoms with Gasteiger partial charge in [0.05, 0.1) is 30.3 Å². The standard InChI is InChI=1S/C26H26FN3O3/c1-32-19-8-6-9-20(18-19)33-17-16-30-24-13-5-4-12-23(24)29-25(30)14-7-15-28-26(31)21-10-2-3-11-22(21)27/h2-6,8-13,18H,7,14-17H2,1H3,(H,28,31). The number of amides is 1. The SMILES string of the molecule is COc1cccc(OCCn2c(CCCNC(=O)c3ccccc3F)nc3ccccc32)c1. The molecule has 0 atom stereocenters. The summed E-state index contributed by atoms with van der Waals surface area (Å²) >= 11 is 0. The number of rotatable bonds is 10. The lowest BCUT2D eigenvalue weighted by molar-refractivity contribution is 0.0949. The molecule has 0 radical (unpaired) electrons. The van der Waals surface area contributed by atoms with Gasteiger partial charge in [0, 0.05) is 19.0 Å². The van der Waals surface area contributed by atoms with Crippen LogP contribution >= 0.6 is 0 Å². The number of ether oxygens (including phenoxy) is 2. The van der Waals surface area contributed by atoms with Crippen LogP contribution in [0.4, 0.5) is 4.39 Å². The molecule has 3 aromatic carbocycles. The van der Waals surface area contributed by atoms with Crippen molar-refractivity contribution in [2.75, 3.05) is 20.3 Å². The molecule has 4 rings (SSSR count). The number of imidazole rings is 1. The fraction of sp³-hybridized carbons (Fsp3) is 0.231. The second kappa shape index (κ2) is 10.6. The summed E-state index contributed by atoms with van der Waals surface area (Å²) in [5, 5.41) is 2.79. The molecule has 0 aliphatic heterocycles. The van der Waals surface area contributed by atoms with Crippen LogP contribution in [0.25, 0.3) is 11.0 Å². The number of benzene rings is 3. The number of nitrogens with one attached hydrogen (secondary N) is 1. The minimum absolute atomic E-state index is 0.0550. The number of carbonyl (C=O) groups is 1. The van der Waals surface area contributed by atoms with Crippen molar-refractivity contribution in [2.45, 2.75) is 19.4 Å². The number of aryl methyl sites for hydroxylation is 1. The van der Waals surface area contributed by atoms with Crippen LogP contribution in [0.5, 0.6) is 11.5 Å². The predicted octanol–water partition coefficient (Wildman–Crippen LogP) is 4.63. The minimum atomic E-state index is -0.521. The van der Waals surface area contributed by atoms with Crippen LogP contribution in [0.1, 0.15) is 22.6 Å². The number of fused-ring (bicyclic) bond motifs is 1. The molecule has 0 aliphatic carbocycles. The van der Waals surface area contributed by atoms with E-state index in [0.717, 1.165) is 28.4 Å². The summed E-state index contributed by atoms with van der Waals surface area (Å²) in [4.78, 5) is 17.0. The summed E-state index contributed by atoms with van der Waals surface area (Å²) in [6.45, 7) is 1.54. The predicted molar refractivity (Wildman–Crippen MR) is 125 cm³/mol. The quantitative estimate of drug-likeness (QED) is 0.360. The number of para-hydroxylation sites is 2. The Kier molecular flexibility index (Phi) is 7.19. The van der Waals surface area contributed by atoms with E-state index in [4.69, 9.17) is 14.5 Å². The molecule has 170 valence electrons. The molecule has 0 bridgehead atoms. The number of carbonyl (C=O) groups excluding carboxylic acids is 1. The number of aromatic nitrogens is 2. The minimum Gasteiger partial charge on any atom is -0.497 e. The molecule has 0 aliphatic rings. The molecule has 1 aromatic heterocycles. The van der Waals surface area contributed by atoms with Crippen molar-refractivity contribution in [2.24, 2.45) is 0 Å². The Balaban J connectivity index is 1.37. The summed E-state index contributed by atoms with van der Waals surface area (Å²) in [5.41, 5.74) is 2.01. The molecular weight excluding hydrogens is 421 g/mol. The van der Waals surface area contributed by atoms with Crippen molar-refractivity contribution in [1.82, 2.24) is 14.9 Å². The third-order valence-electron chi connectivity index (χ3n) is 5.34. The smallest absolute Gasteiger partial charge is 0.254 e. The summed E-state index contributed by atoms with van der Waals surface area (Å²) in [6, 6.07) is 21.5. The first kappa shape index (κ1) is 22.3. The van der Waals surface area contributed by atoms with Gasteiger partial charge in [-0.1, -0.05) is 30.3 Å². The normalized spacial score (nSPS) is 10.8. The molecule has 1 amide bonds. The van der Waals surface area contributed by atoms with Crippen molar-refractivity contribution in [3.63, 3.8) is 0 Å². The maximum Gasteiger partial charge on any atom is 0.254 e. The zero-order valence-corrected chi connectivity index (χ0v) is 18.5. The zero-order valence-electron chi connectivity index (χ0n) is 18.5. The van der Waals surface area contributed by atoms with Crippen molar-refractivity contribution in [1.29, 1.82) is 0 Å². The van der Waals surface area contributed by atoms with Gasteiger partial charge in [0.25, 0.3) is 5.91 Å². The van der Waals surface area contributed by atoms with Gasteiger partial charge in [-0.25, -0.2) is 9.37 Å². The number of hydrogen-bond donors (Lipinski definition) is 1. The Labute approximate surface area is 192 Å². The van der Waals surface area contributed by atoms with Crippen LogP contribution in [0, 0.1) is 5.82 Å². The van der Waals surface area contributed by atoms with E-state index in [0.29, 0.717) is 32.5 Å². The van der Waals surface area contributed by atoms with E-state index in [1.807, 2.05) is 48.5 Å². The second-order valence-corrected chi connectivity index (χ2v) is 7.54. The number of hydrogen-bond acceptors (Lipinski definition) is 4. The first-order valence-corrected chi connectivity index (χ1v) is 10.9. The van der Waals surface area contributed by atoms with Crippen molar-refractivity contribution >= 4 is 16.9 Å². The van der Waals surface area contributed by atoms with E-state index in [-0.39, 0.29) is 5.56 Å². The van der Waals surface area contributed by atoms with Gasteiger partial charge in [-0.3, -0.25) is 4.79 Å². The van der Waals surface area contributed by atoms with Crippen molar-refractivity contribution < 1.29 is 18.7 Å². The molecular formula is C26H26FN3O3. The van der Waals surface area contributed by atoms with Crippen LogP contribution in [0.15, 0.2) is 72.8 Å². The lowest BCUT2D eigenvalue weighted by Gasteiger charge is -2.12. The highest BCUT2D eigenvalue weighted by Crippen LogP contribution is 2.20. The highest BCUT2D eigenvalue weighted by atomic mass is 19.1. The number of methoxy groups -OCH3 is 1. The molecule has 1 N–H and O–H groups in total. The van der Waals surface area contributed by atoms with E-state index in [9.17, 15) is 9.18 Å². The van der Waals surface area contributed by atoms with Crippen LogP contribution in [0.2, 0.25) is 0 Å². The lowest BCUT2D eigenvalue weighted by Crippen LogP contribution is -2.26. The first-order chi connectivity index (χ1) is 16.2. The summed E-state index contributed by atoms with van der Waals surface area (Å²) in [5.74, 6) is 1.49. The molecule has 0 unspecified atom stereocenters. The van der Waals surface area contributed by atoms with Crippen LogP contribution in [-0.4, -0.2) is 35.7 Å². The van der Waals surface area contributed by atoms with Gasteiger partial charge in [-0.2, -0.15) is 0 Å². The van der Waals surface area contributed by atoms with E-state index in [1.165, 1.54) is 12.1 Å².